The zero-order valence-corrected chi connectivity index (χ0v) is 18.3. The van der Waals surface area contributed by atoms with Crippen LogP contribution in [-0.4, -0.2) is 89.5 Å². The van der Waals surface area contributed by atoms with Crippen molar-refractivity contribution in [2.24, 2.45) is 0 Å². The van der Waals surface area contributed by atoms with E-state index in [1.54, 1.807) is 0 Å². The molecule has 0 heterocycles. The quantitative estimate of drug-likeness (QED) is 0.289. The number of rotatable bonds is 0. The average Bonchev–Trinajstić information content (AvgIpc) is 0. The number of hydrogen-bond acceptors (Lipinski definition) is 5. The van der Waals surface area contributed by atoms with Gasteiger partial charge in [0.15, 0.2) is 0 Å². The van der Waals surface area contributed by atoms with Crippen molar-refractivity contribution in [3.63, 3.8) is 0 Å². The first-order valence-corrected chi connectivity index (χ1v) is 0. The van der Waals surface area contributed by atoms with E-state index in [0.29, 0.717) is 0 Å². The molecule has 0 saturated carbocycles. The summed E-state index contributed by atoms with van der Waals surface area (Å²) < 4.78 is 0. The van der Waals surface area contributed by atoms with Gasteiger partial charge in [0.05, 0.1) is 0 Å². The molecule has 0 aromatic heterocycles. The molecule has 0 aliphatic heterocycles. The fraction of sp³-hybridized carbons (Fsp3) is 0. The second kappa shape index (κ2) is 336. The molecule has 0 atom stereocenters. The molecular formula is H5CaFeMnNaO10SbTi. The smallest absolute Gasteiger partial charge is 2.00 e. The second-order valence-electron chi connectivity index (χ2n) is 0. The molecule has 0 aromatic carbocycles. The average molecular weight is 509 g/mol. The largest absolute Gasteiger partial charge is 4.00 e. The van der Waals surface area contributed by atoms with E-state index in [1.807, 2.05) is 0 Å². The van der Waals surface area contributed by atoms with Crippen LogP contribution in [0.2, 0.25) is 0 Å². The van der Waals surface area contributed by atoms with E-state index in [9.17, 15) is 0 Å². The molecule has 0 aromatic rings. The molecule has 16 heavy (non-hydrogen) atoms. The Labute approximate surface area is 198 Å². The molecule has 0 aliphatic carbocycles. The maximum absolute atomic E-state index is 0. The van der Waals surface area contributed by atoms with Gasteiger partial charge in [0.2, 0.25) is 0 Å². The van der Waals surface area contributed by atoms with Crippen molar-refractivity contribution < 1.29 is 140 Å². The molecule has 0 bridgehead atoms. The SMILES string of the molecule is [Ca+2].[Fe+3].[Mn+2].[Na+].[O-2].[O-2].[O-2].[O-2].[O-2].[OH-].[OH-].[OH-].[OH-].[OH-].[Sb+3].[Ti+4]. The third-order valence-corrected chi connectivity index (χ3v) is 0. The predicted octanol–water partition coefficient (Wildman–Crippen LogP) is -5.24. The second-order valence-corrected chi connectivity index (χ2v) is 0. The van der Waals surface area contributed by atoms with Crippen LogP contribution < -0.4 is 29.6 Å². The van der Waals surface area contributed by atoms with Gasteiger partial charge in [0, 0.05) is 0 Å². The third-order valence-electron chi connectivity index (χ3n) is 0. The summed E-state index contributed by atoms with van der Waals surface area (Å²) in [6, 6.07) is 0. The maximum Gasteiger partial charge on any atom is 4.00 e. The van der Waals surface area contributed by atoms with Crippen LogP contribution in [0.25, 0.3) is 0 Å². The summed E-state index contributed by atoms with van der Waals surface area (Å²) in [7, 11) is 0. The van der Waals surface area contributed by atoms with Crippen LogP contribution in [0.3, 0.4) is 0 Å². The Hall–Kier alpha value is 4.43. The monoisotopic (exact) mass is 508 g/mol. The van der Waals surface area contributed by atoms with Crippen molar-refractivity contribution in [1.29, 1.82) is 0 Å². The third kappa shape index (κ3) is 285. The Morgan fingerprint density at radius 2 is 0.500 bits per heavy atom. The Bertz CT molecular complexity index is 30.8. The fourth-order valence-corrected chi connectivity index (χ4v) is 0. The van der Waals surface area contributed by atoms with E-state index < -0.39 is 0 Å². The minimum absolute atomic E-state index is 0. The predicted molar refractivity (Wildman–Crippen MR) is 24.6 cm³/mol. The molecular weight excluding hydrogens is 503 g/mol. The van der Waals surface area contributed by atoms with Gasteiger partial charge >= 0.3 is 148 Å². The summed E-state index contributed by atoms with van der Waals surface area (Å²) in [6.45, 7) is 0. The van der Waals surface area contributed by atoms with Crippen LogP contribution in [0, 0.1) is 0 Å². The summed E-state index contributed by atoms with van der Waals surface area (Å²) in [5.41, 5.74) is 0. The summed E-state index contributed by atoms with van der Waals surface area (Å²) in [5, 5.41) is 0. The number of hydrogen-bond donors (Lipinski definition) is 0. The summed E-state index contributed by atoms with van der Waals surface area (Å²) in [5.74, 6) is 0. The van der Waals surface area contributed by atoms with E-state index in [0.717, 1.165) is 0 Å². The molecule has 10 nitrogen and oxygen atoms in total. The summed E-state index contributed by atoms with van der Waals surface area (Å²) >= 11 is 0. The maximum atomic E-state index is 0. The van der Waals surface area contributed by atoms with Crippen LogP contribution in [0.1, 0.15) is 0 Å². The van der Waals surface area contributed by atoms with Crippen LogP contribution in [0.15, 0.2) is 0 Å². The van der Waals surface area contributed by atoms with Crippen LogP contribution >= 0.6 is 0 Å². The molecule has 0 aliphatic rings. The van der Waals surface area contributed by atoms with Crippen LogP contribution in [0.5, 0.6) is 0 Å². The Morgan fingerprint density at radius 1 is 0.500 bits per heavy atom. The van der Waals surface area contributed by atoms with E-state index in [4.69, 9.17) is 0 Å². The standard InChI is InChI=1S/Ca.Fe.Mn.Na.5H2O.5O.Sb.Ti/h;;;;5*1H2;;;;;;;/q+2;+3;+2;+1;;;;;;5*-2;+3;+4/p-5. The normalized spacial score (nSPS) is 0. The van der Waals surface area contributed by atoms with Crippen molar-refractivity contribution >= 4 is 62.2 Å². The van der Waals surface area contributed by atoms with Crippen LogP contribution in [-0.2, 0) is 83.2 Å². The van der Waals surface area contributed by atoms with Gasteiger partial charge < -0.3 is 54.8 Å². The Morgan fingerprint density at radius 3 is 0.500 bits per heavy atom. The molecule has 0 rings (SSSR count). The fourth-order valence-electron chi connectivity index (χ4n) is 0. The first-order valence-electron chi connectivity index (χ1n) is 0. The van der Waals surface area contributed by atoms with Crippen molar-refractivity contribution in [2.75, 3.05) is 0 Å². The molecule has 4 radical (unpaired) electrons. The van der Waals surface area contributed by atoms with E-state index >= 15 is 0 Å². The van der Waals surface area contributed by atoms with E-state index in [1.165, 1.54) is 0 Å². The van der Waals surface area contributed by atoms with Crippen molar-refractivity contribution in [3.05, 3.63) is 0 Å². The van der Waals surface area contributed by atoms with Crippen molar-refractivity contribution in [1.82, 2.24) is 0 Å². The van der Waals surface area contributed by atoms with Gasteiger partial charge in [-0.15, -0.1) is 0 Å². The zero-order chi connectivity index (χ0) is 0. The van der Waals surface area contributed by atoms with Gasteiger partial charge in [-0.1, -0.05) is 0 Å². The van der Waals surface area contributed by atoms with Crippen LogP contribution in [0.4, 0.5) is 0 Å². The topological polar surface area (TPSA) is 292 Å². The van der Waals surface area contributed by atoms with Crippen molar-refractivity contribution in [3.8, 4) is 0 Å². The minimum Gasteiger partial charge on any atom is -2.00 e. The van der Waals surface area contributed by atoms with E-state index in [-0.39, 0.29) is 202 Å². The van der Waals surface area contributed by atoms with Gasteiger partial charge in [-0.2, -0.15) is 0 Å². The first-order chi connectivity index (χ1) is 0. The zero-order valence-electron chi connectivity index (χ0n) is 7.66. The molecule has 5 N–H and O–H groups in total. The Balaban J connectivity index is 0. The van der Waals surface area contributed by atoms with Gasteiger partial charge in [0.25, 0.3) is 0 Å². The van der Waals surface area contributed by atoms with Gasteiger partial charge in [0.1, 0.15) is 0 Å². The summed E-state index contributed by atoms with van der Waals surface area (Å²) in [4.78, 5) is 0. The molecule has 0 saturated heterocycles. The van der Waals surface area contributed by atoms with Gasteiger partial charge in [-0.25, -0.2) is 0 Å². The molecule has 0 fully saturated rings. The van der Waals surface area contributed by atoms with Gasteiger partial charge in [-0.05, 0) is 0 Å². The molecule has 92 valence electrons. The summed E-state index contributed by atoms with van der Waals surface area (Å²) in [6.07, 6.45) is 0. The minimum atomic E-state index is 0. The Kier molecular flexibility index (Phi) is 8250. The van der Waals surface area contributed by atoms with Crippen molar-refractivity contribution in [2.45, 2.75) is 0 Å². The van der Waals surface area contributed by atoms with E-state index in [2.05, 4.69) is 0 Å². The molecule has 0 unspecified atom stereocenters. The van der Waals surface area contributed by atoms with Gasteiger partial charge in [-0.3, -0.25) is 0 Å². The molecule has 0 spiro atoms. The molecule has 0 amide bonds. The molecule has 16 heteroatoms. The first kappa shape index (κ1) is 393.